The van der Waals surface area contributed by atoms with Crippen LogP contribution < -0.4 is 0 Å². The van der Waals surface area contributed by atoms with E-state index >= 15 is 0 Å². The summed E-state index contributed by atoms with van der Waals surface area (Å²) < 4.78 is 4.98. The fourth-order valence-electron chi connectivity index (χ4n) is 1.83. The molecule has 1 aromatic carbocycles. The van der Waals surface area contributed by atoms with Gasteiger partial charge in [0, 0.05) is 6.21 Å². The van der Waals surface area contributed by atoms with E-state index in [0.29, 0.717) is 5.02 Å². The first-order valence-corrected chi connectivity index (χ1v) is 7.79. The maximum Gasteiger partial charge on any atom is 0.343 e. The van der Waals surface area contributed by atoms with Gasteiger partial charge in [-0.15, -0.1) is 0 Å². The van der Waals surface area contributed by atoms with Crippen LogP contribution >= 0.6 is 23.2 Å². The predicted molar refractivity (Wildman–Crippen MR) is 88.9 cm³/mol. The molecular formula is C16H17Cl2NO3. The van der Waals surface area contributed by atoms with Crippen molar-refractivity contribution >= 4 is 41.1 Å². The van der Waals surface area contributed by atoms with Gasteiger partial charge in [-0.3, -0.25) is 4.99 Å². The molecule has 0 unspecified atom stereocenters. The lowest BCUT2D eigenvalue weighted by atomic mass is 10.1. The molecule has 2 rings (SSSR count). The molecule has 0 atom stereocenters. The number of ether oxygens (including phenoxy) is 1. The van der Waals surface area contributed by atoms with E-state index in [2.05, 4.69) is 4.99 Å². The molecule has 1 aliphatic carbocycles. The highest BCUT2D eigenvalue weighted by atomic mass is 35.5. The first-order chi connectivity index (χ1) is 10.5. The second-order valence-corrected chi connectivity index (χ2v) is 5.83. The Kier molecular flexibility index (Phi) is 5.48. The minimum Gasteiger partial charge on any atom is -0.506 e. The minimum atomic E-state index is -0.655. The molecule has 4 nitrogen and oxygen atoms in total. The molecule has 0 heterocycles. The molecule has 1 fully saturated rings. The molecular weight excluding hydrogens is 325 g/mol. The number of hydrogen-bond donors (Lipinski definition) is 1. The first-order valence-electron chi connectivity index (χ1n) is 7.04. The first kappa shape index (κ1) is 16.8. The van der Waals surface area contributed by atoms with E-state index < -0.39 is 5.97 Å². The molecule has 1 aliphatic rings. The molecule has 1 N–H and O–H groups in total. The highest BCUT2D eigenvalue weighted by Crippen LogP contribution is 2.34. The summed E-state index contributed by atoms with van der Waals surface area (Å²) in [7, 11) is 0. The number of benzene rings is 1. The second-order valence-electron chi connectivity index (χ2n) is 5.05. The smallest absolute Gasteiger partial charge is 0.343 e. The maximum atomic E-state index is 12.1. The average molecular weight is 342 g/mol. The van der Waals surface area contributed by atoms with Gasteiger partial charge in [0.05, 0.1) is 28.3 Å². The zero-order chi connectivity index (χ0) is 16.3. The van der Waals surface area contributed by atoms with E-state index in [-0.39, 0.29) is 34.6 Å². The van der Waals surface area contributed by atoms with Crippen molar-refractivity contribution in [3.05, 3.63) is 38.9 Å². The predicted octanol–water partition coefficient (Wildman–Crippen LogP) is 4.37. The number of carbonyl (C=O) groups excluding carboxylic acids is 1. The van der Waals surface area contributed by atoms with Crippen LogP contribution in [0.25, 0.3) is 5.76 Å². The lowest BCUT2D eigenvalue weighted by molar-refractivity contribution is -0.137. The van der Waals surface area contributed by atoms with Crippen LogP contribution in [0.1, 0.15) is 30.9 Å². The summed E-state index contributed by atoms with van der Waals surface area (Å²) in [6.07, 6.45) is 3.32. The van der Waals surface area contributed by atoms with Gasteiger partial charge in [-0.05, 0) is 38.3 Å². The second kappa shape index (κ2) is 7.16. The van der Waals surface area contributed by atoms with Gasteiger partial charge in [0.2, 0.25) is 0 Å². The van der Waals surface area contributed by atoms with Crippen molar-refractivity contribution in [1.29, 1.82) is 0 Å². The van der Waals surface area contributed by atoms with Crippen LogP contribution in [0.5, 0.6) is 0 Å². The highest BCUT2D eigenvalue weighted by Gasteiger charge is 2.24. The van der Waals surface area contributed by atoms with Crippen molar-refractivity contribution in [3.63, 3.8) is 0 Å². The molecule has 0 aromatic heterocycles. The summed E-state index contributed by atoms with van der Waals surface area (Å²) >= 11 is 12.3. The van der Waals surface area contributed by atoms with E-state index in [0.717, 1.165) is 18.4 Å². The van der Waals surface area contributed by atoms with Crippen LogP contribution in [0.15, 0.2) is 22.7 Å². The van der Waals surface area contributed by atoms with Gasteiger partial charge in [-0.1, -0.05) is 29.3 Å². The van der Waals surface area contributed by atoms with Crippen molar-refractivity contribution in [2.75, 3.05) is 6.61 Å². The SMILES string of the molecule is CCOC(=O)C(C=NC1CC1)=C(O)c1c(Cl)ccc(C)c1Cl. The number of aliphatic imine (C=N–C) groups is 1. The van der Waals surface area contributed by atoms with Gasteiger partial charge in [0.25, 0.3) is 0 Å². The third kappa shape index (κ3) is 3.81. The van der Waals surface area contributed by atoms with Crippen molar-refractivity contribution in [2.24, 2.45) is 4.99 Å². The quantitative estimate of drug-likeness (QED) is 0.374. The van der Waals surface area contributed by atoms with Crippen molar-refractivity contribution in [1.82, 2.24) is 0 Å². The zero-order valence-corrected chi connectivity index (χ0v) is 13.9. The van der Waals surface area contributed by atoms with Gasteiger partial charge >= 0.3 is 5.97 Å². The summed E-state index contributed by atoms with van der Waals surface area (Å²) in [5, 5.41) is 11.1. The lowest BCUT2D eigenvalue weighted by Crippen LogP contribution is -2.12. The number of aryl methyl sites for hydroxylation is 1. The zero-order valence-electron chi connectivity index (χ0n) is 12.4. The van der Waals surface area contributed by atoms with Gasteiger partial charge in [-0.2, -0.15) is 0 Å². The van der Waals surface area contributed by atoms with E-state index in [1.165, 1.54) is 6.21 Å². The van der Waals surface area contributed by atoms with Crippen LogP contribution in [0.2, 0.25) is 10.0 Å². The van der Waals surface area contributed by atoms with Gasteiger partial charge in [0.1, 0.15) is 11.3 Å². The third-order valence-corrected chi connectivity index (χ3v) is 4.03. The molecule has 118 valence electrons. The average Bonchev–Trinajstić information content (AvgIpc) is 3.28. The molecule has 0 amide bonds. The van der Waals surface area contributed by atoms with Crippen molar-refractivity contribution in [2.45, 2.75) is 32.7 Å². The molecule has 1 aromatic rings. The maximum absolute atomic E-state index is 12.1. The molecule has 22 heavy (non-hydrogen) atoms. The number of aliphatic hydroxyl groups excluding tert-OH is 1. The third-order valence-electron chi connectivity index (χ3n) is 3.23. The number of rotatable bonds is 5. The highest BCUT2D eigenvalue weighted by molar-refractivity contribution is 6.38. The Morgan fingerprint density at radius 3 is 2.73 bits per heavy atom. The van der Waals surface area contributed by atoms with Crippen molar-refractivity contribution < 1.29 is 14.6 Å². The Hall–Kier alpha value is -1.52. The van der Waals surface area contributed by atoms with Gasteiger partial charge in [0.15, 0.2) is 0 Å². The lowest BCUT2D eigenvalue weighted by Gasteiger charge is -2.11. The van der Waals surface area contributed by atoms with Crippen LogP contribution in [0, 0.1) is 6.92 Å². The fraction of sp³-hybridized carbons (Fsp3) is 0.375. The Morgan fingerprint density at radius 2 is 2.14 bits per heavy atom. The van der Waals surface area contributed by atoms with Crippen LogP contribution in [-0.4, -0.2) is 29.9 Å². The number of nitrogens with zero attached hydrogens (tertiary/aromatic N) is 1. The topological polar surface area (TPSA) is 58.9 Å². The number of hydrogen-bond acceptors (Lipinski definition) is 4. The normalized spacial score (nSPS) is 15.8. The number of carbonyl (C=O) groups is 1. The van der Waals surface area contributed by atoms with Gasteiger partial charge < -0.3 is 9.84 Å². The van der Waals surface area contributed by atoms with Crippen molar-refractivity contribution in [3.8, 4) is 0 Å². The van der Waals surface area contributed by atoms with Crippen LogP contribution in [-0.2, 0) is 9.53 Å². The number of halogens is 2. The molecule has 0 aliphatic heterocycles. The summed E-state index contributed by atoms with van der Waals surface area (Å²) in [4.78, 5) is 16.3. The van der Waals surface area contributed by atoms with Crippen LogP contribution in [0.4, 0.5) is 0 Å². The van der Waals surface area contributed by atoms with E-state index in [1.54, 1.807) is 26.0 Å². The van der Waals surface area contributed by atoms with Gasteiger partial charge in [-0.25, -0.2) is 4.79 Å². The number of aliphatic hydroxyl groups is 1. The monoisotopic (exact) mass is 341 g/mol. The molecule has 6 heteroatoms. The number of esters is 1. The fourth-order valence-corrected chi connectivity index (χ4v) is 2.38. The molecule has 0 bridgehead atoms. The Balaban J connectivity index is 2.52. The molecule has 1 saturated carbocycles. The summed E-state index contributed by atoms with van der Waals surface area (Å²) in [5.41, 5.74) is 0.923. The van der Waals surface area contributed by atoms with E-state index in [9.17, 15) is 9.90 Å². The molecule has 0 saturated heterocycles. The summed E-state index contributed by atoms with van der Waals surface area (Å²) in [5.74, 6) is -0.973. The summed E-state index contributed by atoms with van der Waals surface area (Å²) in [6, 6.07) is 3.57. The Morgan fingerprint density at radius 1 is 1.45 bits per heavy atom. The van der Waals surface area contributed by atoms with E-state index in [4.69, 9.17) is 27.9 Å². The van der Waals surface area contributed by atoms with E-state index in [1.807, 2.05) is 0 Å². The Bertz CT molecular complexity index is 649. The van der Waals surface area contributed by atoms with Crippen LogP contribution in [0.3, 0.4) is 0 Å². The standard InChI is InChI=1S/C16H17Cl2NO3/c1-3-22-16(21)11(8-19-10-5-6-10)15(20)13-12(17)7-4-9(2)14(13)18/h4,7-8,10,20H,3,5-6H2,1-2H3. The largest absolute Gasteiger partial charge is 0.506 e. The Labute approximate surface area is 139 Å². The minimum absolute atomic E-state index is 0.0388. The summed E-state index contributed by atoms with van der Waals surface area (Å²) in [6.45, 7) is 3.68. The molecule has 0 radical (unpaired) electrons. The molecule has 0 spiro atoms.